The van der Waals surface area contributed by atoms with Crippen molar-refractivity contribution in [1.82, 2.24) is 5.32 Å². The number of esters is 2. The van der Waals surface area contributed by atoms with Gasteiger partial charge in [-0.05, 0) is 39.3 Å². The van der Waals surface area contributed by atoms with Gasteiger partial charge in [-0.2, -0.15) is 0 Å². The maximum atomic E-state index is 13.6. The molecule has 0 aromatic heterocycles. The molecule has 0 spiro atoms. The standard InChI is InChI=1S/C17H22FNO5/c1-17(2,3)24-14(20)10-9-13(16(22)23-4)19-15(21)11-7-5-6-8-12(11)18/h5-8,13H,9-10H2,1-4H3,(H,19,21)/t13-/m0/s1. The van der Waals surface area contributed by atoms with Crippen LogP contribution in [-0.2, 0) is 19.1 Å². The average Bonchev–Trinajstić information content (AvgIpc) is 2.49. The van der Waals surface area contributed by atoms with Gasteiger partial charge in [0.15, 0.2) is 0 Å². The molecule has 132 valence electrons. The number of rotatable bonds is 6. The number of hydrogen-bond acceptors (Lipinski definition) is 5. The molecule has 1 N–H and O–H groups in total. The molecule has 24 heavy (non-hydrogen) atoms. The van der Waals surface area contributed by atoms with E-state index in [2.05, 4.69) is 10.1 Å². The highest BCUT2D eigenvalue weighted by molar-refractivity contribution is 5.97. The minimum Gasteiger partial charge on any atom is -0.467 e. The summed E-state index contributed by atoms with van der Waals surface area (Å²) in [4.78, 5) is 35.6. The van der Waals surface area contributed by atoms with E-state index in [0.717, 1.165) is 13.2 Å². The molecule has 1 atom stereocenters. The number of benzene rings is 1. The second-order valence-electron chi connectivity index (χ2n) is 6.15. The topological polar surface area (TPSA) is 81.7 Å². The first-order chi connectivity index (χ1) is 11.1. The molecule has 0 aliphatic rings. The van der Waals surface area contributed by atoms with Gasteiger partial charge in [-0.1, -0.05) is 12.1 Å². The first kappa shape index (κ1) is 19.6. The summed E-state index contributed by atoms with van der Waals surface area (Å²) < 4.78 is 23.4. The van der Waals surface area contributed by atoms with Gasteiger partial charge < -0.3 is 14.8 Å². The van der Waals surface area contributed by atoms with E-state index in [1.54, 1.807) is 20.8 Å². The Hall–Kier alpha value is -2.44. The number of ether oxygens (including phenoxy) is 2. The Morgan fingerprint density at radius 3 is 2.38 bits per heavy atom. The van der Waals surface area contributed by atoms with Crippen LogP contribution in [0, 0.1) is 5.82 Å². The quantitative estimate of drug-likeness (QED) is 0.804. The summed E-state index contributed by atoms with van der Waals surface area (Å²) in [5, 5.41) is 2.38. The third-order valence-corrected chi connectivity index (χ3v) is 2.97. The molecule has 0 radical (unpaired) electrons. The molecule has 0 aliphatic carbocycles. The molecule has 0 heterocycles. The van der Waals surface area contributed by atoms with Gasteiger partial charge >= 0.3 is 11.9 Å². The lowest BCUT2D eigenvalue weighted by Crippen LogP contribution is -2.42. The predicted molar refractivity (Wildman–Crippen MR) is 84.7 cm³/mol. The molecule has 1 aromatic rings. The van der Waals surface area contributed by atoms with Gasteiger partial charge in [-0.3, -0.25) is 9.59 Å². The van der Waals surface area contributed by atoms with Crippen molar-refractivity contribution >= 4 is 17.8 Å². The van der Waals surface area contributed by atoms with Gasteiger partial charge in [0, 0.05) is 6.42 Å². The molecule has 0 aliphatic heterocycles. The fraction of sp³-hybridized carbons (Fsp3) is 0.471. The Kier molecular flexibility index (Phi) is 6.88. The van der Waals surface area contributed by atoms with Crippen molar-refractivity contribution in [3.8, 4) is 0 Å². The van der Waals surface area contributed by atoms with E-state index in [-0.39, 0.29) is 18.4 Å². The van der Waals surface area contributed by atoms with Crippen LogP contribution in [0.5, 0.6) is 0 Å². The van der Waals surface area contributed by atoms with Crippen LogP contribution in [0.1, 0.15) is 44.0 Å². The Bertz CT molecular complexity index is 609. The summed E-state index contributed by atoms with van der Waals surface area (Å²) in [6.45, 7) is 5.17. The van der Waals surface area contributed by atoms with Crippen molar-refractivity contribution in [3.63, 3.8) is 0 Å². The first-order valence-corrected chi connectivity index (χ1v) is 7.49. The molecule has 0 fully saturated rings. The van der Waals surface area contributed by atoms with Crippen molar-refractivity contribution in [2.75, 3.05) is 7.11 Å². The van der Waals surface area contributed by atoms with E-state index >= 15 is 0 Å². The molecule has 0 saturated carbocycles. The van der Waals surface area contributed by atoms with Gasteiger partial charge in [-0.25, -0.2) is 9.18 Å². The van der Waals surface area contributed by atoms with Gasteiger partial charge in [0.1, 0.15) is 17.5 Å². The first-order valence-electron chi connectivity index (χ1n) is 7.49. The number of amides is 1. The minimum absolute atomic E-state index is 0.0121. The fourth-order valence-electron chi connectivity index (χ4n) is 1.93. The highest BCUT2D eigenvalue weighted by atomic mass is 19.1. The molecule has 1 amide bonds. The van der Waals surface area contributed by atoms with E-state index in [0.29, 0.717) is 0 Å². The summed E-state index contributed by atoms with van der Waals surface area (Å²) >= 11 is 0. The number of carbonyl (C=O) groups is 3. The lowest BCUT2D eigenvalue weighted by molar-refractivity contribution is -0.155. The molecule has 1 rings (SSSR count). The van der Waals surface area contributed by atoms with Crippen molar-refractivity contribution in [2.24, 2.45) is 0 Å². The summed E-state index contributed by atoms with van der Waals surface area (Å²) in [5.41, 5.74) is -0.836. The van der Waals surface area contributed by atoms with Gasteiger partial charge in [0.25, 0.3) is 5.91 Å². The largest absolute Gasteiger partial charge is 0.467 e. The van der Waals surface area contributed by atoms with E-state index < -0.39 is 35.3 Å². The van der Waals surface area contributed by atoms with Gasteiger partial charge in [0.05, 0.1) is 12.7 Å². The van der Waals surface area contributed by atoms with Crippen LogP contribution in [-0.4, -0.2) is 36.6 Å². The second-order valence-corrected chi connectivity index (χ2v) is 6.15. The highest BCUT2D eigenvalue weighted by Crippen LogP contribution is 2.12. The van der Waals surface area contributed by atoms with Crippen LogP contribution in [0.25, 0.3) is 0 Å². The molecule has 0 saturated heterocycles. The Morgan fingerprint density at radius 2 is 1.83 bits per heavy atom. The average molecular weight is 339 g/mol. The third kappa shape index (κ3) is 6.36. The zero-order valence-electron chi connectivity index (χ0n) is 14.2. The molecule has 6 nitrogen and oxygen atoms in total. The lowest BCUT2D eigenvalue weighted by Gasteiger charge is -2.21. The van der Waals surface area contributed by atoms with Crippen LogP contribution < -0.4 is 5.32 Å². The van der Waals surface area contributed by atoms with Crippen LogP contribution in [0.2, 0.25) is 0 Å². The smallest absolute Gasteiger partial charge is 0.328 e. The molecular weight excluding hydrogens is 317 g/mol. The van der Waals surface area contributed by atoms with Gasteiger partial charge in [0.2, 0.25) is 0 Å². The van der Waals surface area contributed by atoms with Gasteiger partial charge in [-0.15, -0.1) is 0 Å². The van der Waals surface area contributed by atoms with Crippen LogP contribution in [0.4, 0.5) is 4.39 Å². The number of hydrogen-bond donors (Lipinski definition) is 1. The summed E-state index contributed by atoms with van der Waals surface area (Å²) in [7, 11) is 1.16. The molecule has 7 heteroatoms. The highest BCUT2D eigenvalue weighted by Gasteiger charge is 2.25. The van der Waals surface area contributed by atoms with Crippen molar-refractivity contribution in [2.45, 2.75) is 45.3 Å². The van der Waals surface area contributed by atoms with E-state index in [9.17, 15) is 18.8 Å². The number of carbonyl (C=O) groups excluding carboxylic acids is 3. The molecule has 0 unspecified atom stereocenters. The Labute approximate surface area is 140 Å². The molecule has 0 bridgehead atoms. The van der Waals surface area contributed by atoms with Crippen LogP contribution in [0.3, 0.4) is 0 Å². The number of halogens is 1. The predicted octanol–water partition coefficient (Wildman–Crippen LogP) is 2.22. The summed E-state index contributed by atoms with van der Waals surface area (Å²) in [6.07, 6.45) is -0.101. The summed E-state index contributed by atoms with van der Waals surface area (Å²) in [6, 6.07) is 4.32. The maximum absolute atomic E-state index is 13.6. The van der Waals surface area contributed by atoms with Crippen molar-refractivity contribution in [3.05, 3.63) is 35.6 Å². The third-order valence-electron chi connectivity index (χ3n) is 2.97. The van der Waals surface area contributed by atoms with Crippen LogP contribution >= 0.6 is 0 Å². The molecular formula is C17H22FNO5. The number of methoxy groups -OCH3 is 1. The lowest BCUT2D eigenvalue weighted by atomic mass is 10.1. The Balaban J connectivity index is 2.73. The van der Waals surface area contributed by atoms with Crippen molar-refractivity contribution < 1.29 is 28.2 Å². The van der Waals surface area contributed by atoms with Crippen LogP contribution in [0.15, 0.2) is 24.3 Å². The fourth-order valence-corrected chi connectivity index (χ4v) is 1.93. The SMILES string of the molecule is COC(=O)[C@H](CCC(=O)OC(C)(C)C)NC(=O)c1ccccc1F. The zero-order valence-corrected chi connectivity index (χ0v) is 14.2. The monoisotopic (exact) mass is 339 g/mol. The summed E-state index contributed by atoms with van der Waals surface area (Å²) in [5.74, 6) is -2.68. The molecule has 1 aromatic carbocycles. The number of nitrogens with one attached hydrogen (secondary N) is 1. The Morgan fingerprint density at radius 1 is 1.21 bits per heavy atom. The van der Waals surface area contributed by atoms with E-state index in [1.807, 2.05) is 0 Å². The van der Waals surface area contributed by atoms with Crippen molar-refractivity contribution in [1.29, 1.82) is 0 Å². The maximum Gasteiger partial charge on any atom is 0.328 e. The normalized spacial score (nSPS) is 12.2. The van der Waals surface area contributed by atoms with E-state index in [4.69, 9.17) is 4.74 Å². The minimum atomic E-state index is -1.07. The second kappa shape index (κ2) is 8.42. The van der Waals surface area contributed by atoms with E-state index in [1.165, 1.54) is 18.2 Å². The zero-order chi connectivity index (χ0) is 18.3.